The number of hydrogen-bond donors (Lipinski definition) is 1. The van der Waals surface area contributed by atoms with E-state index in [0.717, 1.165) is 5.56 Å². The molecule has 1 heterocycles. The number of carbonyl (C=O) groups is 2. The van der Waals surface area contributed by atoms with Gasteiger partial charge in [-0.15, -0.1) is 0 Å². The Balaban J connectivity index is 1.90. The first kappa shape index (κ1) is 16.3. The van der Waals surface area contributed by atoms with E-state index in [0.29, 0.717) is 37.4 Å². The Morgan fingerprint density at radius 1 is 1.14 bits per heavy atom. The average Bonchev–Trinajstić information content (AvgIpc) is 2.85. The van der Waals surface area contributed by atoms with Crippen LogP contribution in [0.25, 0.3) is 0 Å². The maximum atomic E-state index is 11.5. The molecular formula is C16H22N2O4. The van der Waals surface area contributed by atoms with E-state index in [-0.39, 0.29) is 17.9 Å². The standard InChI is InChI=1S/C16H22N2O4/c1-11(12-4-5-13(21-2)14(10-12)22-3)17-8-9-18-15(19)6-7-16(18)20/h4-5,10-11,17H,6-9H2,1-3H3. The van der Waals surface area contributed by atoms with Crippen LogP contribution in [0.2, 0.25) is 0 Å². The third-order valence-electron chi connectivity index (χ3n) is 3.85. The lowest BCUT2D eigenvalue weighted by atomic mass is 10.1. The number of ether oxygens (including phenoxy) is 2. The van der Waals surface area contributed by atoms with E-state index in [1.807, 2.05) is 25.1 Å². The second kappa shape index (κ2) is 7.26. The molecule has 1 aromatic carbocycles. The number of likely N-dealkylation sites (tertiary alicyclic amines) is 1. The zero-order valence-electron chi connectivity index (χ0n) is 13.2. The largest absolute Gasteiger partial charge is 0.493 e. The van der Waals surface area contributed by atoms with Crippen LogP contribution >= 0.6 is 0 Å². The lowest BCUT2D eigenvalue weighted by molar-refractivity contribution is -0.138. The van der Waals surface area contributed by atoms with Crippen molar-refractivity contribution in [3.8, 4) is 11.5 Å². The fourth-order valence-corrected chi connectivity index (χ4v) is 2.51. The topological polar surface area (TPSA) is 67.9 Å². The van der Waals surface area contributed by atoms with Crippen molar-refractivity contribution in [2.75, 3.05) is 27.3 Å². The van der Waals surface area contributed by atoms with Crippen LogP contribution in [0, 0.1) is 0 Å². The van der Waals surface area contributed by atoms with Crippen LogP contribution in [-0.4, -0.2) is 44.0 Å². The molecule has 1 aliphatic rings. The maximum Gasteiger partial charge on any atom is 0.229 e. The molecule has 1 atom stereocenters. The van der Waals surface area contributed by atoms with Crippen LogP contribution in [0.5, 0.6) is 11.5 Å². The minimum atomic E-state index is -0.0782. The molecule has 6 heteroatoms. The van der Waals surface area contributed by atoms with Crippen molar-refractivity contribution in [1.82, 2.24) is 10.2 Å². The SMILES string of the molecule is COc1ccc(C(C)NCCN2C(=O)CCC2=O)cc1OC. The van der Waals surface area contributed by atoms with Gasteiger partial charge in [-0.2, -0.15) is 0 Å². The van der Waals surface area contributed by atoms with E-state index in [2.05, 4.69) is 5.32 Å². The molecule has 1 fully saturated rings. The molecule has 1 saturated heterocycles. The summed E-state index contributed by atoms with van der Waals surface area (Å²) in [6, 6.07) is 5.82. The fraction of sp³-hybridized carbons (Fsp3) is 0.500. The van der Waals surface area contributed by atoms with E-state index >= 15 is 0 Å². The highest BCUT2D eigenvalue weighted by molar-refractivity contribution is 6.01. The highest BCUT2D eigenvalue weighted by Crippen LogP contribution is 2.29. The van der Waals surface area contributed by atoms with E-state index in [1.165, 1.54) is 4.90 Å². The Morgan fingerprint density at radius 3 is 2.36 bits per heavy atom. The van der Waals surface area contributed by atoms with Crippen LogP contribution in [0.3, 0.4) is 0 Å². The number of nitrogens with zero attached hydrogens (tertiary/aromatic N) is 1. The van der Waals surface area contributed by atoms with Gasteiger partial charge in [0.15, 0.2) is 11.5 Å². The number of amides is 2. The summed E-state index contributed by atoms with van der Waals surface area (Å²) in [5.41, 5.74) is 1.05. The molecule has 0 saturated carbocycles. The van der Waals surface area contributed by atoms with Crippen LogP contribution < -0.4 is 14.8 Å². The van der Waals surface area contributed by atoms with Gasteiger partial charge in [0, 0.05) is 32.0 Å². The number of rotatable bonds is 7. The Kier molecular flexibility index (Phi) is 5.38. The molecule has 22 heavy (non-hydrogen) atoms. The van der Waals surface area contributed by atoms with Crippen molar-refractivity contribution < 1.29 is 19.1 Å². The highest BCUT2D eigenvalue weighted by Gasteiger charge is 2.28. The van der Waals surface area contributed by atoms with Gasteiger partial charge in [-0.3, -0.25) is 14.5 Å². The normalized spacial score (nSPS) is 16.0. The number of hydrogen-bond acceptors (Lipinski definition) is 5. The van der Waals surface area contributed by atoms with Gasteiger partial charge >= 0.3 is 0 Å². The predicted octanol–water partition coefficient (Wildman–Crippen LogP) is 1.50. The summed E-state index contributed by atoms with van der Waals surface area (Å²) in [7, 11) is 3.20. The van der Waals surface area contributed by atoms with Crippen molar-refractivity contribution in [1.29, 1.82) is 0 Å². The molecule has 1 unspecified atom stereocenters. The molecule has 0 radical (unpaired) electrons. The van der Waals surface area contributed by atoms with E-state index in [4.69, 9.17) is 9.47 Å². The monoisotopic (exact) mass is 306 g/mol. The number of imide groups is 1. The van der Waals surface area contributed by atoms with Gasteiger partial charge in [-0.05, 0) is 24.6 Å². The van der Waals surface area contributed by atoms with Gasteiger partial charge in [0.25, 0.3) is 0 Å². The molecular weight excluding hydrogens is 284 g/mol. The smallest absolute Gasteiger partial charge is 0.229 e. The first-order valence-corrected chi connectivity index (χ1v) is 7.35. The van der Waals surface area contributed by atoms with Crippen molar-refractivity contribution in [2.24, 2.45) is 0 Å². The van der Waals surface area contributed by atoms with Crippen molar-refractivity contribution in [3.05, 3.63) is 23.8 Å². The average molecular weight is 306 g/mol. The van der Waals surface area contributed by atoms with Crippen molar-refractivity contribution in [3.63, 3.8) is 0 Å². The second-order valence-corrected chi connectivity index (χ2v) is 5.23. The van der Waals surface area contributed by atoms with Gasteiger partial charge < -0.3 is 14.8 Å². The minimum absolute atomic E-state index is 0.0765. The Labute approximate surface area is 130 Å². The summed E-state index contributed by atoms with van der Waals surface area (Å²) in [5.74, 6) is 1.21. The summed E-state index contributed by atoms with van der Waals surface area (Å²) in [4.78, 5) is 24.4. The molecule has 1 aromatic rings. The van der Waals surface area contributed by atoms with Crippen LogP contribution in [0.15, 0.2) is 18.2 Å². The molecule has 2 rings (SSSR count). The van der Waals surface area contributed by atoms with E-state index in [9.17, 15) is 9.59 Å². The molecule has 2 amide bonds. The van der Waals surface area contributed by atoms with Crippen LogP contribution in [0.4, 0.5) is 0 Å². The van der Waals surface area contributed by atoms with Crippen molar-refractivity contribution >= 4 is 11.8 Å². The summed E-state index contributed by atoms with van der Waals surface area (Å²) in [5, 5.41) is 3.31. The number of nitrogens with one attached hydrogen (secondary N) is 1. The van der Waals surface area contributed by atoms with E-state index in [1.54, 1.807) is 14.2 Å². The zero-order valence-corrected chi connectivity index (χ0v) is 13.2. The third-order valence-corrected chi connectivity index (χ3v) is 3.85. The molecule has 6 nitrogen and oxygen atoms in total. The molecule has 1 N–H and O–H groups in total. The fourth-order valence-electron chi connectivity index (χ4n) is 2.51. The first-order valence-electron chi connectivity index (χ1n) is 7.35. The van der Waals surface area contributed by atoms with E-state index < -0.39 is 0 Å². The molecule has 1 aliphatic heterocycles. The summed E-state index contributed by atoms with van der Waals surface area (Å²) in [6.07, 6.45) is 0.675. The van der Waals surface area contributed by atoms with Gasteiger partial charge in [0.1, 0.15) is 0 Å². The van der Waals surface area contributed by atoms with Crippen LogP contribution in [-0.2, 0) is 9.59 Å². The summed E-state index contributed by atoms with van der Waals surface area (Å²) < 4.78 is 10.5. The minimum Gasteiger partial charge on any atom is -0.493 e. The number of benzene rings is 1. The zero-order chi connectivity index (χ0) is 16.1. The van der Waals surface area contributed by atoms with Gasteiger partial charge in [0.2, 0.25) is 11.8 Å². The van der Waals surface area contributed by atoms with Gasteiger partial charge in [-0.1, -0.05) is 6.07 Å². The number of methoxy groups -OCH3 is 2. The third kappa shape index (κ3) is 3.57. The Bertz CT molecular complexity index is 543. The molecule has 0 aliphatic carbocycles. The lowest BCUT2D eigenvalue weighted by Crippen LogP contribution is -2.36. The van der Waals surface area contributed by atoms with Gasteiger partial charge in [-0.25, -0.2) is 0 Å². The summed E-state index contributed by atoms with van der Waals surface area (Å²) >= 11 is 0. The molecule has 120 valence electrons. The first-order chi connectivity index (χ1) is 10.6. The second-order valence-electron chi connectivity index (χ2n) is 5.23. The molecule has 0 spiro atoms. The summed E-state index contributed by atoms with van der Waals surface area (Å²) in [6.45, 7) is 3.00. The maximum absolute atomic E-state index is 11.5. The Morgan fingerprint density at radius 2 is 1.77 bits per heavy atom. The molecule has 0 aromatic heterocycles. The quantitative estimate of drug-likeness (QED) is 0.773. The lowest BCUT2D eigenvalue weighted by Gasteiger charge is -2.19. The van der Waals surface area contributed by atoms with Crippen molar-refractivity contribution in [2.45, 2.75) is 25.8 Å². The Hall–Kier alpha value is -2.08. The number of carbonyl (C=O) groups excluding carboxylic acids is 2. The predicted molar refractivity (Wildman–Crippen MR) is 81.9 cm³/mol. The molecule has 0 bridgehead atoms. The van der Waals surface area contributed by atoms with Gasteiger partial charge in [0.05, 0.1) is 14.2 Å². The van der Waals surface area contributed by atoms with Crippen LogP contribution in [0.1, 0.15) is 31.4 Å². The highest BCUT2D eigenvalue weighted by atomic mass is 16.5.